The van der Waals surface area contributed by atoms with Gasteiger partial charge in [0.2, 0.25) is 0 Å². The van der Waals surface area contributed by atoms with Gasteiger partial charge in [-0.1, -0.05) is 19.9 Å². The molecule has 0 radical (unpaired) electrons. The fourth-order valence-electron chi connectivity index (χ4n) is 6.01. The van der Waals surface area contributed by atoms with Crippen LogP contribution in [-0.2, 0) is 13.6 Å². The van der Waals surface area contributed by atoms with Crippen LogP contribution in [0, 0.1) is 13.8 Å². The van der Waals surface area contributed by atoms with Gasteiger partial charge in [0.15, 0.2) is 5.65 Å². The number of H-pyrrole nitrogens is 1. The van der Waals surface area contributed by atoms with Crippen molar-refractivity contribution in [3.8, 4) is 11.3 Å². The number of nitrogens with zero attached hydrogens (tertiary/aromatic N) is 6. The molecule has 0 amide bonds. The Kier molecular flexibility index (Phi) is 5.67. The summed E-state index contributed by atoms with van der Waals surface area (Å²) in [4.78, 5) is 10.7. The minimum absolute atomic E-state index is 0.403. The first kappa shape index (κ1) is 23.0. The lowest BCUT2D eigenvalue weighted by Crippen LogP contribution is -2.33. The Morgan fingerprint density at radius 3 is 2.61 bits per heavy atom. The first-order chi connectivity index (χ1) is 17.4. The fourth-order valence-corrected chi connectivity index (χ4v) is 6.01. The maximum atomic E-state index is 4.51. The van der Waals surface area contributed by atoms with Crippen LogP contribution in [-0.4, -0.2) is 47.4 Å². The molecule has 0 atom stereocenters. The lowest BCUT2D eigenvalue weighted by molar-refractivity contribution is 0.200. The van der Waals surface area contributed by atoms with Gasteiger partial charge in [0, 0.05) is 36.3 Å². The smallest absolute Gasteiger partial charge is 0.158 e. The number of nitrogens with one attached hydrogen (secondary N) is 1. The van der Waals surface area contributed by atoms with Crippen LogP contribution in [0.3, 0.4) is 0 Å². The van der Waals surface area contributed by atoms with E-state index in [4.69, 9.17) is 0 Å². The van der Waals surface area contributed by atoms with Gasteiger partial charge in [-0.05, 0) is 92.6 Å². The molecule has 186 valence electrons. The molecule has 36 heavy (non-hydrogen) atoms. The van der Waals surface area contributed by atoms with Gasteiger partial charge in [-0.2, -0.15) is 10.2 Å². The number of likely N-dealkylation sites (tertiary alicyclic amines) is 1. The maximum absolute atomic E-state index is 4.51. The molecule has 1 aromatic carbocycles. The van der Waals surface area contributed by atoms with E-state index < -0.39 is 0 Å². The highest BCUT2D eigenvalue weighted by atomic mass is 15.3. The number of hydrogen-bond donors (Lipinski definition) is 1. The summed E-state index contributed by atoms with van der Waals surface area (Å²) >= 11 is 0. The van der Waals surface area contributed by atoms with E-state index in [-0.39, 0.29) is 0 Å². The molecule has 6 rings (SSSR count). The van der Waals surface area contributed by atoms with Crippen molar-refractivity contribution in [3.63, 3.8) is 0 Å². The van der Waals surface area contributed by atoms with Crippen LogP contribution in [0.5, 0.6) is 0 Å². The Balaban J connectivity index is 1.28. The van der Waals surface area contributed by atoms with Gasteiger partial charge in [0.05, 0.1) is 17.1 Å². The number of aromatic nitrogens is 6. The van der Waals surface area contributed by atoms with E-state index in [0.717, 1.165) is 42.1 Å². The van der Waals surface area contributed by atoms with Crippen molar-refractivity contribution in [2.24, 2.45) is 7.05 Å². The summed E-state index contributed by atoms with van der Waals surface area (Å²) in [5.74, 6) is 1.01. The first-order valence-corrected chi connectivity index (χ1v) is 13.0. The van der Waals surface area contributed by atoms with Crippen molar-refractivity contribution in [2.75, 3.05) is 13.1 Å². The van der Waals surface area contributed by atoms with Gasteiger partial charge in [0.1, 0.15) is 6.33 Å². The fraction of sp³-hybridized carbons (Fsp3) is 0.414. The highest BCUT2D eigenvalue weighted by Crippen LogP contribution is 2.38. The van der Waals surface area contributed by atoms with Gasteiger partial charge in [0.25, 0.3) is 0 Å². The Bertz CT molecular complexity index is 1540. The highest BCUT2D eigenvalue weighted by Gasteiger charge is 2.24. The molecule has 0 bridgehead atoms. The highest BCUT2D eigenvalue weighted by molar-refractivity contribution is 5.92. The molecule has 7 heteroatoms. The van der Waals surface area contributed by atoms with Gasteiger partial charge >= 0.3 is 0 Å². The first-order valence-electron chi connectivity index (χ1n) is 13.0. The summed E-state index contributed by atoms with van der Waals surface area (Å²) in [6.07, 6.45) is 6.10. The predicted molar refractivity (Wildman–Crippen MR) is 144 cm³/mol. The number of rotatable bonds is 5. The zero-order valence-electron chi connectivity index (χ0n) is 21.9. The Labute approximate surface area is 212 Å². The van der Waals surface area contributed by atoms with Crippen LogP contribution in [0.15, 0.2) is 42.9 Å². The zero-order valence-corrected chi connectivity index (χ0v) is 21.9. The van der Waals surface area contributed by atoms with E-state index in [1.807, 2.05) is 16.2 Å². The Morgan fingerprint density at radius 1 is 1.08 bits per heavy atom. The van der Waals surface area contributed by atoms with E-state index in [2.05, 4.69) is 89.3 Å². The lowest BCUT2D eigenvalue weighted by Gasteiger charge is -2.32. The molecule has 1 aliphatic rings. The molecule has 1 aliphatic heterocycles. The number of aromatic amines is 1. The third-order valence-electron chi connectivity index (χ3n) is 7.83. The summed E-state index contributed by atoms with van der Waals surface area (Å²) in [6.45, 7) is 12.0. The number of benzene rings is 1. The monoisotopic (exact) mass is 481 g/mol. The molecule has 1 N–H and O–H groups in total. The van der Waals surface area contributed by atoms with Crippen LogP contribution in [0.1, 0.15) is 66.6 Å². The Morgan fingerprint density at radius 2 is 1.89 bits per heavy atom. The number of pyridine rings is 1. The van der Waals surface area contributed by atoms with Gasteiger partial charge < -0.3 is 4.98 Å². The summed E-state index contributed by atoms with van der Waals surface area (Å²) in [6, 6.07) is 11.5. The predicted octanol–water partition coefficient (Wildman–Crippen LogP) is 5.73. The second kappa shape index (κ2) is 8.89. The molecule has 4 aromatic heterocycles. The third kappa shape index (κ3) is 4.01. The third-order valence-corrected chi connectivity index (χ3v) is 7.83. The Hall–Kier alpha value is -3.45. The molecule has 0 unspecified atom stereocenters. The van der Waals surface area contributed by atoms with Crippen LogP contribution >= 0.6 is 0 Å². The van der Waals surface area contributed by atoms with Crippen LogP contribution < -0.4 is 0 Å². The average Bonchev–Trinajstić information content (AvgIpc) is 3.56. The molecular weight excluding hydrogens is 446 g/mol. The minimum Gasteiger partial charge on any atom is -0.354 e. The van der Waals surface area contributed by atoms with E-state index in [9.17, 15) is 0 Å². The van der Waals surface area contributed by atoms with Gasteiger partial charge in [-0.15, -0.1) is 0 Å². The number of fused-ring (bicyclic) bond motifs is 2. The second-order valence-corrected chi connectivity index (χ2v) is 10.8. The van der Waals surface area contributed by atoms with E-state index in [1.165, 1.54) is 46.3 Å². The molecule has 7 nitrogen and oxygen atoms in total. The number of hydrogen-bond acceptors (Lipinski definition) is 4. The molecule has 0 aliphatic carbocycles. The summed E-state index contributed by atoms with van der Waals surface area (Å²) in [7, 11) is 2.05. The molecule has 5 heterocycles. The largest absolute Gasteiger partial charge is 0.354 e. The quantitative estimate of drug-likeness (QED) is 0.348. The number of piperidine rings is 1. The van der Waals surface area contributed by atoms with E-state index in [1.54, 1.807) is 6.33 Å². The zero-order chi connectivity index (χ0) is 25.0. The molecule has 0 spiro atoms. The van der Waals surface area contributed by atoms with Crippen molar-refractivity contribution in [1.29, 1.82) is 0 Å². The number of aryl methyl sites for hydroxylation is 3. The summed E-state index contributed by atoms with van der Waals surface area (Å²) < 4.78 is 3.90. The summed E-state index contributed by atoms with van der Waals surface area (Å²) in [5.41, 5.74) is 10.8. The van der Waals surface area contributed by atoms with E-state index in [0.29, 0.717) is 11.8 Å². The lowest BCUT2D eigenvalue weighted by atomic mass is 9.87. The van der Waals surface area contributed by atoms with Crippen LogP contribution in [0.25, 0.3) is 27.8 Å². The van der Waals surface area contributed by atoms with Crippen LogP contribution in [0.4, 0.5) is 0 Å². The molecule has 5 aromatic rings. The van der Waals surface area contributed by atoms with Crippen molar-refractivity contribution in [2.45, 2.75) is 58.9 Å². The summed E-state index contributed by atoms with van der Waals surface area (Å²) in [5, 5.41) is 10.2. The van der Waals surface area contributed by atoms with Crippen LogP contribution in [0.2, 0.25) is 0 Å². The van der Waals surface area contributed by atoms with Gasteiger partial charge in [-0.3, -0.25) is 9.58 Å². The molecule has 0 saturated carbocycles. The van der Waals surface area contributed by atoms with Gasteiger partial charge in [-0.25, -0.2) is 9.50 Å². The van der Waals surface area contributed by atoms with E-state index >= 15 is 0 Å². The molecule has 1 fully saturated rings. The minimum atomic E-state index is 0.403. The molecular formula is C29H35N7. The maximum Gasteiger partial charge on any atom is 0.158 e. The molecule has 1 saturated heterocycles. The van der Waals surface area contributed by atoms with Crippen molar-refractivity contribution < 1.29 is 0 Å². The normalized spacial score (nSPS) is 15.6. The van der Waals surface area contributed by atoms with Crippen molar-refractivity contribution >= 4 is 16.6 Å². The standard InChI is InChI=1S/C29H35N7/c1-18(2)27-25-14-22(21-8-10-35(11-9-21)16-24-13-20(4)33-34(24)5)6-7-26(25)32-28(27)23-12-19(3)29-30-17-31-36(29)15-23/h6-7,12-15,17-18,21,32H,8-11,16H2,1-5H3. The SMILES string of the molecule is Cc1cc(CN2CCC(c3ccc4[nH]c(-c5cc(C)c6ncnn6c5)c(C(C)C)c4c3)CC2)n(C)n1. The average molecular weight is 482 g/mol. The second-order valence-electron chi connectivity index (χ2n) is 10.8. The van der Waals surface area contributed by atoms with Crippen molar-refractivity contribution in [1.82, 2.24) is 34.3 Å². The topological polar surface area (TPSA) is 67.0 Å². The van der Waals surface area contributed by atoms with Crippen molar-refractivity contribution in [3.05, 3.63) is 70.9 Å².